The van der Waals surface area contributed by atoms with Gasteiger partial charge in [0.05, 0.1) is 62.1 Å². The van der Waals surface area contributed by atoms with Gasteiger partial charge in [0.2, 0.25) is 11.8 Å². The van der Waals surface area contributed by atoms with E-state index in [9.17, 15) is 33.6 Å². The largest absolute Gasteiger partial charge is 0.444 e. The molecule has 18 nitrogen and oxygen atoms in total. The van der Waals surface area contributed by atoms with Gasteiger partial charge in [-0.25, -0.2) is 4.79 Å². The van der Waals surface area contributed by atoms with Crippen molar-refractivity contribution in [1.29, 1.82) is 0 Å². The van der Waals surface area contributed by atoms with Crippen LogP contribution in [0.3, 0.4) is 0 Å². The summed E-state index contributed by atoms with van der Waals surface area (Å²) in [5, 5.41) is 11.5. The summed E-state index contributed by atoms with van der Waals surface area (Å²) in [6.07, 6.45) is 0.472. The molecule has 4 heterocycles. The lowest BCUT2D eigenvalue weighted by atomic mass is 10.0. The first-order chi connectivity index (χ1) is 28.3. The minimum absolute atomic E-state index is 0.0112. The van der Waals surface area contributed by atoms with E-state index in [-0.39, 0.29) is 66.3 Å². The number of fused-ring (bicyclic) bond motifs is 2. The number of hydrogen-bond donors (Lipinski definition) is 4. The highest BCUT2D eigenvalue weighted by Gasteiger charge is 2.45. The highest BCUT2D eigenvalue weighted by atomic mass is 32.2. The number of likely N-dealkylation sites (tertiary alicyclic amines) is 1. The molecule has 3 atom stereocenters. The number of rotatable bonds is 16. The molecule has 19 heteroatoms. The fraction of sp³-hybridized carbons (Fsp3) is 0.500. The minimum Gasteiger partial charge on any atom is -0.444 e. The number of piperidine rings is 2. The van der Waals surface area contributed by atoms with E-state index in [1.54, 1.807) is 41.3 Å². The number of thioether (sulfide) groups is 1. The Kier molecular flexibility index (Phi) is 14.3. The molecule has 3 unspecified atom stereocenters. The molecule has 2 saturated heterocycles. The zero-order chi connectivity index (χ0) is 42.1. The summed E-state index contributed by atoms with van der Waals surface area (Å²) >= 11 is 1.44. The Bertz CT molecular complexity index is 1970. The quantitative estimate of drug-likeness (QED) is 0.141. The number of anilines is 1. The van der Waals surface area contributed by atoms with Crippen LogP contribution in [0.15, 0.2) is 47.5 Å². The highest BCUT2D eigenvalue weighted by molar-refractivity contribution is 8.14. The smallest absolute Gasteiger partial charge is 0.410 e. The first kappa shape index (κ1) is 43.2. The molecule has 0 aliphatic carbocycles. The third-order valence-electron chi connectivity index (χ3n) is 9.66. The lowest BCUT2D eigenvalue weighted by Crippen LogP contribution is -2.54. The average Bonchev–Trinajstić information content (AvgIpc) is 3.72. The maximum Gasteiger partial charge on any atom is 0.410 e. The van der Waals surface area contributed by atoms with Crippen LogP contribution in [0.1, 0.15) is 81.5 Å². The summed E-state index contributed by atoms with van der Waals surface area (Å²) in [7, 11) is 0. The van der Waals surface area contributed by atoms with Crippen LogP contribution in [0.4, 0.5) is 10.5 Å². The monoisotopic (exact) mass is 835 g/mol. The second-order valence-electron chi connectivity index (χ2n) is 15.1. The number of imide groups is 2. The van der Waals surface area contributed by atoms with Crippen LogP contribution in [-0.2, 0) is 28.5 Å². The molecule has 7 amide bonds. The third kappa shape index (κ3) is 11.2. The molecule has 4 N–H and O–H groups in total. The predicted octanol–water partition coefficient (Wildman–Crippen LogP) is 2.19. The predicted molar refractivity (Wildman–Crippen MR) is 215 cm³/mol. The Morgan fingerprint density at radius 3 is 2.19 bits per heavy atom. The molecule has 4 aliphatic heterocycles. The normalized spacial score (nSPS) is 20.1. The van der Waals surface area contributed by atoms with Crippen LogP contribution < -0.4 is 21.3 Å². The zero-order valence-corrected chi connectivity index (χ0v) is 34.0. The van der Waals surface area contributed by atoms with Gasteiger partial charge in [0.25, 0.3) is 23.6 Å². The van der Waals surface area contributed by atoms with Crippen molar-refractivity contribution in [3.63, 3.8) is 0 Å². The fourth-order valence-corrected chi connectivity index (χ4v) is 8.03. The number of ether oxygens (including phenoxy) is 4. The van der Waals surface area contributed by atoms with Gasteiger partial charge in [-0.3, -0.25) is 44.0 Å². The summed E-state index contributed by atoms with van der Waals surface area (Å²) in [5.41, 5.74) is 1.04. The Labute approximate surface area is 345 Å². The second kappa shape index (κ2) is 19.6. The number of carbonyl (C=O) groups is 7. The van der Waals surface area contributed by atoms with Crippen LogP contribution in [0, 0.1) is 0 Å². The Hall–Kier alpha value is -5.37. The number of aliphatic imine (C=N–C) groups is 1. The molecular formula is C40H49N7O11S. The van der Waals surface area contributed by atoms with E-state index in [0.717, 1.165) is 4.90 Å². The van der Waals surface area contributed by atoms with Gasteiger partial charge >= 0.3 is 6.09 Å². The molecule has 2 aromatic rings. The summed E-state index contributed by atoms with van der Waals surface area (Å²) < 4.78 is 22.2. The van der Waals surface area contributed by atoms with E-state index >= 15 is 0 Å². The van der Waals surface area contributed by atoms with Gasteiger partial charge in [-0.15, -0.1) is 0 Å². The molecule has 0 saturated carbocycles. The number of nitrogens with one attached hydrogen (secondary N) is 4. The van der Waals surface area contributed by atoms with Crippen LogP contribution in [0.25, 0.3) is 0 Å². The molecule has 6 rings (SSSR count). The lowest BCUT2D eigenvalue weighted by molar-refractivity contribution is -0.136. The van der Waals surface area contributed by atoms with Crippen molar-refractivity contribution in [1.82, 2.24) is 25.8 Å². The first-order valence-corrected chi connectivity index (χ1v) is 20.4. The van der Waals surface area contributed by atoms with E-state index in [1.165, 1.54) is 17.8 Å². The van der Waals surface area contributed by atoms with Crippen molar-refractivity contribution in [2.45, 2.75) is 63.0 Å². The molecule has 2 fully saturated rings. The first-order valence-electron chi connectivity index (χ1n) is 19.5. The number of carbonyl (C=O) groups excluding carboxylic acids is 7. The van der Waals surface area contributed by atoms with Crippen molar-refractivity contribution in [2.75, 3.05) is 71.1 Å². The van der Waals surface area contributed by atoms with Gasteiger partial charge in [-0.2, -0.15) is 0 Å². The SMILES string of the molecule is CC(C)(C)OC(=O)N1CCC2N=C(NC(=O)c3ccc(C(=O)NCCOCCOCCOCCNc4cccc5c4C(=O)N(C4CCC(=O)NC4=O)C5=O)cc3)SC2C1. The summed E-state index contributed by atoms with van der Waals surface area (Å²) in [6, 6.07) is 10.2. The van der Waals surface area contributed by atoms with E-state index in [0.29, 0.717) is 81.1 Å². The van der Waals surface area contributed by atoms with Gasteiger partial charge in [-0.05, 0) is 70.0 Å². The molecule has 316 valence electrons. The van der Waals surface area contributed by atoms with Gasteiger partial charge in [0, 0.05) is 49.4 Å². The second-order valence-corrected chi connectivity index (χ2v) is 16.3. The van der Waals surface area contributed by atoms with Crippen molar-refractivity contribution < 1.29 is 52.5 Å². The van der Waals surface area contributed by atoms with Gasteiger partial charge < -0.3 is 39.8 Å². The van der Waals surface area contributed by atoms with Crippen molar-refractivity contribution in [3.8, 4) is 0 Å². The van der Waals surface area contributed by atoms with Crippen LogP contribution in [0.2, 0.25) is 0 Å². The molecular weight excluding hydrogens is 787 g/mol. The van der Waals surface area contributed by atoms with Gasteiger partial charge in [-0.1, -0.05) is 17.8 Å². The maximum atomic E-state index is 13.2. The number of benzene rings is 2. The van der Waals surface area contributed by atoms with E-state index in [2.05, 4.69) is 26.3 Å². The topological polar surface area (TPSA) is 223 Å². The third-order valence-corrected chi connectivity index (χ3v) is 10.9. The minimum atomic E-state index is -1.03. The van der Waals surface area contributed by atoms with Crippen molar-refractivity contribution in [3.05, 3.63) is 64.7 Å². The number of nitrogens with zero attached hydrogens (tertiary/aromatic N) is 3. The molecule has 0 aromatic heterocycles. The molecule has 59 heavy (non-hydrogen) atoms. The van der Waals surface area contributed by atoms with E-state index in [1.807, 2.05) is 20.8 Å². The number of hydrogen-bond acceptors (Lipinski definition) is 14. The summed E-state index contributed by atoms with van der Waals surface area (Å²) in [5.74, 6) is -2.88. The average molecular weight is 836 g/mol. The highest BCUT2D eigenvalue weighted by Crippen LogP contribution is 2.34. The lowest BCUT2D eigenvalue weighted by Gasteiger charge is -2.34. The molecule has 0 radical (unpaired) electrons. The summed E-state index contributed by atoms with van der Waals surface area (Å²) in [4.78, 5) is 95.4. The van der Waals surface area contributed by atoms with Crippen molar-refractivity contribution >= 4 is 64.2 Å². The Morgan fingerprint density at radius 2 is 1.51 bits per heavy atom. The zero-order valence-electron chi connectivity index (χ0n) is 33.2. The van der Waals surface area contributed by atoms with Crippen molar-refractivity contribution in [2.24, 2.45) is 4.99 Å². The number of amidine groups is 1. The van der Waals surface area contributed by atoms with Crippen LogP contribution >= 0.6 is 11.8 Å². The molecule has 2 aromatic carbocycles. The van der Waals surface area contributed by atoms with Crippen LogP contribution in [0.5, 0.6) is 0 Å². The van der Waals surface area contributed by atoms with Gasteiger partial charge in [0.1, 0.15) is 11.6 Å². The van der Waals surface area contributed by atoms with Gasteiger partial charge in [0.15, 0.2) is 5.17 Å². The summed E-state index contributed by atoms with van der Waals surface area (Å²) in [6.45, 7) is 9.01. The number of amides is 7. The molecule has 4 aliphatic rings. The standard InChI is InChI=1S/C40H49N7O11S/c1-40(2,3)58-39(54)46-16-13-27-30(23-46)59-38(43-27)45-34(50)25-9-7-24(8-10-25)33(49)42-15-18-56-20-22-57-21-19-55-17-14-41-28-6-4-5-26-32(28)37(53)47(36(26)52)29-11-12-31(48)44-35(29)51/h4-10,27,29-30,41H,11-23H2,1-3H3,(H,42,49)(H,43,45,50)(H,44,48,51). The molecule has 0 spiro atoms. The maximum absolute atomic E-state index is 13.2. The Morgan fingerprint density at radius 1 is 0.847 bits per heavy atom. The van der Waals surface area contributed by atoms with Crippen LogP contribution in [-0.4, -0.2) is 145 Å². The van der Waals surface area contributed by atoms with E-state index < -0.39 is 35.3 Å². The fourth-order valence-electron chi connectivity index (χ4n) is 6.79. The molecule has 0 bridgehead atoms. The van der Waals surface area contributed by atoms with E-state index in [4.69, 9.17) is 18.9 Å². The Balaban J connectivity index is 0.789.